The van der Waals surface area contributed by atoms with Crippen molar-refractivity contribution in [2.75, 3.05) is 31.1 Å². The number of benzene rings is 1. The first-order valence-electron chi connectivity index (χ1n) is 8.14. The summed E-state index contributed by atoms with van der Waals surface area (Å²) in [6.07, 6.45) is 4.39. The van der Waals surface area contributed by atoms with E-state index in [1.165, 1.54) is 0 Å². The average Bonchev–Trinajstić information content (AvgIpc) is 2.68. The number of carbonyl (C=O) groups is 1. The normalized spacial score (nSPS) is 15.4. The standard InChI is InChI=1S/C18H19N5O2/c1-14(25-16-5-3-2-4-15(16)12-19)18(24)23-10-8-22(9-11-23)17-13-20-6-7-21-17/h2-7,13-14H,8-11H2,1H3/t14-/m1/s1. The van der Waals surface area contributed by atoms with Gasteiger partial charge in [0.05, 0.1) is 11.8 Å². The van der Waals surface area contributed by atoms with Crippen LogP contribution in [0.2, 0.25) is 0 Å². The second kappa shape index (κ2) is 7.62. The second-order valence-corrected chi connectivity index (χ2v) is 5.74. The number of ether oxygens (including phenoxy) is 1. The van der Waals surface area contributed by atoms with Gasteiger partial charge in [0, 0.05) is 38.6 Å². The molecule has 1 amide bonds. The molecule has 0 spiro atoms. The number of para-hydroxylation sites is 1. The third-order valence-electron chi connectivity index (χ3n) is 4.12. The highest BCUT2D eigenvalue weighted by molar-refractivity contribution is 5.81. The molecule has 1 atom stereocenters. The zero-order valence-electron chi connectivity index (χ0n) is 14.0. The number of nitriles is 1. The quantitative estimate of drug-likeness (QED) is 0.840. The fourth-order valence-electron chi connectivity index (χ4n) is 2.77. The molecule has 0 unspecified atom stereocenters. The van der Waals surface area contributed by atoms with Crippen LogP contribution < -0.4 is 9.64 Å². The molecule has 1 aliphatic heterocycles. The number of amides is 1. The van der Waals surface area contributed by atoms with Crippen LogP contribution in [0, 0.1) is 11.3 Å². The highest BCUT2D eigenvalue weighted by atomic mass is 16.5. The van der Waals surface area contributed by atoms with Crippen LogP contribution in [-0.4, -0.2) is 53.1 Å². The molecule has 128 valence electrons. The molecule has 1 aliphatic rings. The molecule has 3 rings (SSSR count). The van der Waals surface area contributed by atoms with Crippen molar-refractivity contribution in [3.8, 4) is 11.8 Å². The maximum absolute atomic E-state index is 12.6. The number of carbonyl (C=O) groups excluding carboxylic acids is 1. The fourth-order valence-corrected chi connectivity index (χ4v) is 2.77. The Hall–Kier alpha value is -3.14. The van der Waals surface area contributed by atoms with Gasteiger partial charge < -0.3 is 14.5 Å². The first-order valence-corrected chi connectivity index (χ1v) is 8.14. The molecule has 2 aromatic rings. The summed E-state index contributed by atoms with van der Waals surface area (Å²) in [5.74, 6) is 1.18. The third-order valence-corrected chi connectivity index (χ3v) is 4.12. The van der Waals surface area contributed by atoms with Gasteiger partial charge in [-0.05, 0) is 19.1 Å². The summed E-state index contributed by atoms with van der Waals surface area (Å²) in [7, 11) is 0. The SMILES string of the molecule is C[C@@H](Oc1ccccc1C#N)C(=O)N1CCN(c2cnccn2)CC1. The van der Waals surface area contributed by atoms with Crippen molar-refractivity contribution < 1.29 is 9.53 Å². The largest absolute Gasteiger partial charge is 0.480 e. The first-order chi connectivity index (χ1) is 12.2. The number of nitrogens with zero attached hydrogens (tertiary/aromatic N) is 5. The Labute approximate surface area is 146 Å². The average molecular weight is 337 g/mol. The number of aromatic nitrogens is 2. The van der Waals surface area contributed by atoms with Crippen molar-refractivity contribution >= 4 is 11.7 Å². The van der Waals surface area contributed by atoms with Gasteiger partial charge in [-0.2, -0.15) is 5.26 Å². The first kappa shape index (κ1) is 16.7. The van der Waals surface area contributed by atoms with E-state index in [2.05, 4.69) is 20.9 Å². The van der Waals surface area contributed by atoms with Gasteiger partial charge in [0.1, 0.15) is 17.6 Å². The molecular weight excluding hydrogens is 318 g/mol. The van der Waals surface area contributed by atoms with Crippen LogP contribution in [0.1, 0.15) is 12.5 Å². The van der Waals surface area contributed by atoms with Crippen molar-refractivity contribution in [2.45, 2.75) is 13.0 Å². The van der Waals surface area contributed by atoms with Crippen molar-refractivity contribution in [3.05, 3.63) is 48.4 Å². The monoisotopic (exact) mass is 337 g/mol. The molecule has 1 aromatic heterocycles. The zero-order valence-corrected chi connectivity index (χ0v) is 14.0. The number of anilines is 1. The Morgan fingerprint density at radius 2 is 2.00 bits per heavy atom. The minimum absolute atomic E-state index is 0.0773. The Morgan fingerprint density at radius 1 is 1.24 bits per heavy atom. The highest BCUT2D eigenvalue weighted by Gasteiger charge is 2.27. The van der Waals surface area contributed by atoms with E-state index in [-0.39, 0.29) is 5.91 Å². The van der Waals surface area contributed by atoms with E-state index >= 15 is 0 Å². The van der Waals surface area contributed by atoms with E-state index in [0.717, 1.165) is 5.82 Å². The third kappa shape index (κ3) is 3.86. The van der Waals surface area contributed by atoms with Crippen molar-refractivity contribution in [1.82, 2.24) is 14.9 Å². The van der Waals surface area contributed by atoms with Crippen LogP contribution in [0.5, 0.6) is 5.75 Å². The van der Waals surface area contributed by atoms with Gasteiger partial charge in [-0.3, -0.25) is 9.78 Å². The van der Waals surface area contributed by atoms with Gasteiger partial charge in [0.15, 0.2) is 6.10 Å². The van der Waals surface area contributed by atoms with Gasteiger partial charge in [-0.1, -0.05) is 12.1 Å². The lowest BCUT2D eigenvalue weighted by molar-refractivity contribution is -0.138. The lowest BCUT2D eigenvalue weighted by Gasteiger charge is -2.36. The predicted octanol–water partition coefficient (Wildman–Crippen LogP) is 1.46. The summed E-state index contributed by atoms with van der Waals surface area (Å²) < 4.78 is 5.71. The molecule has 1 saturated heterocycles. The molecule has 0 aliphatic carbocycles. The number of hydrogen-bond donors (Lipinski definition) is 0. The molecule has 0 bridgehead atoms. The number of piperazine rings is 1. The highest BCUT2D eigenvalue weighted by Crippen LogP contribution is 2.19. The Kier molecular flexibility index (Phi) is 5.09. The van der Waals surface area contributed by atoms with E-state index in [0.29, 0.717) is 37.5 Å². The van der Waals surface area contributed by atoms with E-state index in [1.54, 1.807) is 54.7 Å². The van der Waals surface area contributed by atoms with Crippen LogP contribution >= 0.6 is 0 Å². The second-order valence-electron chi connectivity index (χ2n) is 5.74. The fraction of sp³-hybridized carbons (Fsp3) is 0.333. The van der Waals surface area contributed by atoms with Crippen LogP contribution in [0.25, 0.3) is 0 Å². The summed E-state index contributed by atoms with van der Waals surface area (Å²) in [5, 5.41) is 9.11. The molecule has 7 nitrogen and oxygen atoms in total. The van der Waals surface area contributed by atoms with Crippen molar-refractivity contribution in [2.24, 2.45) is 0 Å². The van der Waals surface area contributed by atoms with E-state index in [1.807, 2.05) is 0 Å². The van der Waals surface area contributed by atoms with Crippen molar-refractivity contribution in [1.29, 1.82) is 5.26 Å². The molecule has 25 heavy (non-hydrogen) atoms. The van der Waals surface area contributed by atoms with Gasteiger partial charge in [-0.15, -0.1) is 0 Å². The molecule has 0 N–H and O–H groups in total. The van der Waals surface area contributed by atoms with E-state index in [4.69, 9.17) is 10.00 Å². The van der Waals surface area contributed by atoms with E-state index < -0.39 is 6.10 Å². The molecule has 0 radical (unpaired) electrons. The van der Waals surface area contributed by atoms with Crippen LogP contribution in [-0.2, 0) is 4.79 Å². The van der Waals surface area contributed by atoms with Crippen LogP contribution in [0.3, 0.4) is 0 Å². The summed E-state index contributed by atoms with van der Waals surface area (Å²) in [4.78, 5) is 24.9. The number of rotatable bonds is 4. The smallest absolute Gasteiger partial charge is 0.263 e. The van der Waals surface area contributed by atoms with Gasteiger partial charge in [0.2, 0.25) is 0 Å². The van der Waals surface area contributed by atoms with E-state index in [9.17, 15) is 4.79 Å². The zero-order chi connectivity index (χ0) is 17.6. The number of hydrogen-bond acceptors (Lipinski definition) is 6. The minimum atomic E-state index is -0.641. The van der Waals surface area contributed by atoms with Crippen LogP contribution in [0.4, 0.5) is 5.82 Å². The summed E-state index contributed by atoms with van der Waals surface area (Å²) in [6.45, 7) is 4.31. The molecular formula is C18H19N5O2. The maximum atomic E-state index is 12.6. The maximum Gasteiger partial charge on any atom is 0.263 e. The van der Waals surface area contributed by atoms with Gasteiger partial charge in [-0.25, -0.2) is 4.98 Å². The Bertz CT molecular complexity index is 767. The molecule has 1 aromatic carbocycles. The van der Waals surface area contributed by atoms with Gasteiger partial charge >= 0.3 is 0 Å². The van der Waals surface area contributed by atoms with Crippen LogP contribution in [0.15, 0.2) is 42.9 Å². The minimum Gasteiger partial charge on any atom is -0.480 e. The molecule has 0 saturated carbocycles. The molecule has 2 heterocycles. The lowest BCUT2D eigenvalue weighted by atomic mass is 10.2. The van der Waals surface area contributed by atoms with Gasteiger partial charge in [0.25, 0.3) is 5.91 Å². The topological polar surface area (TPSA) is 82.4 Å². The lowest BCUT2D eigenvalue weighted by Crippen LogP contribution is -2.52. The summed E-state index contributed by atoms with van der Waals surface area (Å²) in [6, 6.07) is 9.00. The molecule has 1 fully saturated rings. The Balaban J connectivity index is 1.58. The van der Waals surface area contributed by atoms with Crippen molar-refractivity contribution in [3.63, 3.8) is 0 Å². The predicted molar refractivity (Wildman–Crippen MR) is 92.1 cm³/mol. The Morgan fingerprint density at radius 3 is 2.68 bits per heavy atom. The molecule has 7 heteroatoms. The summed E-state index contributed by atoms with van der Waals surface area (Å²) >= 11 is 0. The summed E-state index contributed by atoms with van der Waals surface area (Å²) in [5.41, 5.74) is 0.426.